The summed E-state index contributed by atoms with van der Waals surface area (Å²) in [6.45, 7) is 0. The van der Waals surface area contributed by atoms with E-state index in [0.29, 0.717) is 5.88 Å². The highest BCUT2D eigenvalue weighted by Gasteiger charge is 2.11. The van der Waals surface area contributed by atoms with Crippen LogP contribution in [0.4, 0.5) is 17.1 Å². The Morgan fingerprint density at radius 3 is 1.62 bits per heavy atom. The molecule has 0 saturated carbocycles. The summed E-state index contributed by atoms with van der Waals surface area (Å²) in [6, 6.07) is 34.3. The fraction of sp³-hybridized carbons (Fsp3) is 0. The molecule has 126 valence electrons. The van der Waals surface area contributed by atoms with Crippen LogP contribution in [0.2, 0.25) is 0 Å². The van der Waals surface area contributed by atoms with Crippen molar-refractivity contribution in [2.24, 2.45) is 0 Å². The summed E-state index contributed by atoms with van der Waals surface area (Å²) in [7, 11) is 0. The minimum atomic E-state index is 0.586. The molecular formula is C23H18N2O. The number of aromatic nitrogens is 1. The quantitative estimate of drug-likeness (QED) is 0.424. The van der Waals surface area contributed by atoms with Crippen LogP contribution in [-0.2, 0) is 0 Å². The van der Waals surface area contributed by atoms with Crippen molar-refractivity contribution in [3.63, 3.8) is 0 Å². The van der Waals surface area contributed by atoms with E-state index in [2.05, 4.69) is 46.3 Å². The van der Waals surface area contributed by atoms with Gasteiger partial charge in [-0.15, -0.1) is 0 Å². The van der Waals surface area contributed by atoms with E-state index in [9.17, 15) is 0 Å². The predicted molar refractivity (Wildman–Crippen MR) is 105 cm³/mol. The number of nitrogens with zero attached hydrogens (tertiary/aromatic N) is 2. The van der Waals surface area contributed by atoms with Crippen LogP contribution in [0.15, 0.2) is 109 Å². The summed E-state index contributed by atoms with van der Waals surface area (Å²) in [5.41, 5.74) is 3.28. The van der Waals surface area contributed by atoms with Crippen LogP contribution < -0.4 is 9.64 Å². The van der Waals surface area contributed by atoms with Crippen molar-refractivity contribution in [2.45, 2.75) is 0 Å². The Kier molecular flexibility index (Phi) is 4.61. The van der Waals surface area contributed by atoms with E-state index >= 15 is 0 Å². The molecule has 1 heterocycles. The summed E-state index contributed by atoms with van der Waals surface area (Å²) >= 11 is 0. The molecule has 0 aliphatic heterocycles. The first-order valence-electron chi connectivity index (χ1n) is 8.49. The van der Waals surface area contributed by atoms with Gasteiger partial charge in [0.2, 0.25) is 5.88 Å². The molecule has 0 N–H and O–H groups in total. The highest BCUT2D eigenvalue weighted by atomic mass is 16.5. The average molecular weight is 338 g/mol. The van der Waals surface area contributed by atoms with Gasteiger partial charge in [-0.1, -0.05) is 42.5 Å². The van der Waals surface area contributed by atoms with Gasteiger partial charge in [-0.2, -0.15) is 0 Å². The smallest absolute Gasteiger partial charge is 0.219 e. The molecule has 0 aliphatic rings. The Morgan fingerprint density at radius 1 is 0.538 bits per heavy atom. The average Bonchev–Trinajstić information content (AvgIpc) is 2.72. The van der Waals surface area contributed by atoms with Gasteiger partial charge < -0.3 is 9.64 Å². The minimum absolute atomic E-state index is 0.586. The Bertz CT molecular complexity index is 900. The molecule has 3 nitrogen and oxygen atoms in total. The molecule has 0 unspecified atom stereocenters. The molecule has 0 aliphatic carbocycles. The summed E-state index contributed by atoms with van der Waals surface area (Å²) in [6.07, 6.45) is 1.72. The van der Waals surface area contributed by atoms with Crippen LogP contribution in [0.1, 0.15) is 0 Å². The molecule has 0 spiro atoms. The third kappa shape index (κ3) is 3.57. The molecule has 1 aromatic heterocycles. The van der Waals surface area contributed by atoms with Crippen molar-refractivity contribution in [1.82, 2.24) is 4.98 Å². The van der Waals surface area contributed by atoms with Gasteiger partial charge in [0.1, 0.15) is 5.75 Å². The lowest BCUT2D eigenvalue weighted by atomic mass is 10.2. The topological polar surface area (TPSA) is 25.4 Å². The molecule has 3 heteroatoms. The molecule has 0 atom stereocenters. The van der Waals surface area contributed by atoms with E-state index in [-0.39, 0.29) is 0 Å². The van der Waals surface area contributed by atoms with Crippen molar-refractivity contribution < 1.29 is 4.74 Å². The number of ether oxygens (including phenoxy) is 1. The molecule has 0 fully saturated rings. The van der Waals surface area contributed by atoms with Crippen molar-refractivity contribution >= 4 is 17.1 Å². The fourth-order valence-electron chi connectivity index (χ4n) is 2.79. The van der Waals surface area contributed by atoms with Crippen LogP contribution in [0.3, 0.4) is 0 Å². The molecule has 0 bridgehead atoms. The van der Waals surface area contributed by atoms with E-state index in [0.717, 1.165) is 22.8 Å². The van der Waals surface area contributed by atoms with Crippen LogP contribution in [-0.4, -0.2) is 4.98 Å². The fourth-order valence-corrected chi connectivity index (χ4v) is 2.79. The number of pyridine rings is 1. The van der Waals surface area contributed by atoms with Crippen molar-refractivity contribution in [1.29, 1.82) is 0 Å². The molecule has 0 radical (unpaired) electrons. The molecule has 4 rings (SSSR count). The zero-order valence-corrected chi connectivity index (χ0v) is 14.2. The van der Waals surface area contributed by atoms with Gasteiger partial charge >= 0.3 is 0 Å². The second kappa shape index (κ2) is 7.53. The summed E-state index contributed by atoms with van der Waals surface area (Å²) < 4.78 is 5.79. The van der Waals surface area contributed by atoms with Crippen LogP contribution in [0.25, 0.3) is 0 Å². The number of hydrogen-bond acceptors (Lipinski definition) is 3. The number of rotatable bonds is 5. The third-order valence-corrected chi connectivity index (χ3v) is 3.98. The summed E-state index contributed by atoms with van der Waals surface area (Å²) in [5.74, 6) is 1.34. The highest BCUT2D eigenvalue weighted by Crippen LogP contribution is 2.35. The first kappa shape index (κ1) is 15.9. The number of para-hydroxylation sites is 2. The second-order valence-corrected chi connectivity index (χ2v) is 5.77. The SMILES string of the molecule is c1ccc(N(c2ccccc2)c2ccc(Oc3ccccn3)cc2)cc1. The second-order valence-electron chi connectivity index (χ2n) is 5.77. The van der Waals surface area contributed by atoms with E-state index < -0.39 is 0 Å². The van der Waals surface area contributed by atoms with Gasteiger partial charge in [0.25, 0.3) is 0 Å². The molecule has 0 saturated heterocycles. The third-order valence-electron chi connectivity index (χ3n) is 3.98. The first-order valence-corrected chi connectivity index (χ1v) is 8.49. The minimum Gasteiger partial charge on any atom is -0.439 e. The Labute approximate surface area is 153 Å². The molecule has 26 heavy (non-hydrogen) atoms. The van der Waals surface area contributed by atoms with E-state index in [1.54, 1.807) is 6.20 Å². The molecular weight excluding hydrogens is 320 g/mol. The molecule has 0 amide bonds. The highest BCUT2D eigenvalue weighted by molar-refractivity contribution is 5.76. The largest absolute Gasteiger partial charge is 0.439 e. The Hall–Kier alpha value is -3.59. The van der Waals surface area contributed by atoms with Gasteiger partial charge in [-0.3, -0.25) is 0 Å². The van der Waals surface area contributed by atoms with Gasteiger partial charge in [0.15, 0.2) is 0 Å². The molecule has 4 aromatic rings. The zero-order valence-electron chi connectivity index (χ0n) is 14.2. The predicted octanol–water partition coefficient (Wildman–Crippen LogP) is 6.34. The maximum Gasteiger partial charge on any atom is 0.219 e. The lowest BCUT2D eigenvalue weighted by Crippen LogP contribution is -2.09. The lowest BCUT2D eigenvalue weighted by molar-refractivity contribution is 0.463. The van der Waals surface area contributed by atoms with Gasteiger partial charge in [0.05, 0.1) is 0 Å². The van der Waals surface area contributed by atoms with Crippen LogP contribution in [0, 0.1) is 0 Å². The number of hydrogen-bond donors (Lipinski definition) is 0. The summed E-state index contributed by atoms with van der Waals surface area (Å²) in [4.78, 5) is 6.41. The number of anilines is 3. The standard InChI is InChI=1S/C23H18N2O/c1-3-9-19(10-4-1)25(20-11-5-2-6-12-20)21-14-16-22(17-15-21)26-23-13-7-8-18-24-23/h1-18H. The van der Waals surface area contributed by atoms with Crippen LogP contribution >= 0.6 is 0 Å². The van der Waals surface area contributed by atoms with Gasteiger partial charge in [-0.25, -0.2) is 4.98 Å². The van der Waals surface area contributed by atoms with E-state index in [1.165, 1.54) is 0 Å². The van der Waals surface area contributed by atoms with Crippen molar-refractivity contribution in [2.75, 3.05) is 4.90 Å². The van der Waals surface area contributed by atoms with Gasteiger partial charge in [-0.05, 0) is 54.6 Å². The normalized spacial score (nSPS) is 10.3. The molecule has 3 aromatic carbocycles. The zero-order chi connectivity index (χ0) is 17.6. The maximum absolute atomic E-state index is 5.79. The van der Waals surface area contributed by atoms with E-state index in [4.69, 9.17) is 4.74 Å². The van der Waals surface area contributed by atoms with Crippen molar-refractivity contribution in [3.05, 3.63) is 109 Å². The van der Waals surface area contributed by atoms with E-state index in [1.807, 2.05) is 66.7 Å². The Morgan fingerprint density at radius 2 is 1.08 bits per heavy atom. The van der Waals surface area contributed by atoms with Gasteiger partial charge in [0, 0.05) is 29.3 Å². The Balaban J connectivity index is 1.66. The number of benzene rings is 3. The first-order chi connectivity index (χ1) is 12.9. The summed E-state index contributed by atoms with van der Waals surface area (Å²) in [5, 5.41) is 0. The maximum atomic E-state index is 5.79. The lowest BCUT2D eigenvalue weighted by Gasteiger charge is -2.25. The monoisotopic (exact) mass is 338 g/mol. The van der Waals surface area contributed by atoms with Crippen molar-refractivity contribution in [3.8, 4) is 11.6 Å². The van der Waals surface area contributed by atoms with Crippen LogP contribution in [0.5, 0.6) is 11.6 Å².